The first-order valence-electron chi connectivity index (χ1n) is 11.7. The number of carbonyl (C=O) groups is 2. The quantitative estimate of drug-likeness (QED) is 0.369. The van der Waals surface area contributed by atoms with Gasteiger partial charge < -0.3 is 9.47 Å². The minimum Gasteiger partial charge on any atom is -0.490 e. The van der Waals surface area contributed by atoms with E-state index < -0.39 is 0 Å². The van der Waals surface area contributed by atoms with E-state index in [2.05, 4.69) is 17.3 Å². The summed E-state index contributed by atoms with van der Waals surface area (Å²) in [7, 11) is 0. The standard InChI is InChI=1S/C27H26N2O4/c1-2-32-23-12-17(8-11-22(23)33-15-16-6-4-3-5-7-16)14-28-29-26(30)24-18-9-10-19(21-13-20(18)21)25(24)27(29)31/h3-12,14,18-21,24-25H,2,13,15H2,1H3/b28-14-/t18-,19+,20-,21+,24-,25+. The van der Waals surface area contributed by atoms with Crippen molar-refractivity contribution < 1.29 is 19.1 Å². The molecule has 5 aliphatic rings. The van der Waals surface area contributed by atoms with E-state index >= 15 is 0 Å². The van der Waals surface area contributed by atoms with Gasteiger partial charge in [-0.1, -0.05) is 42.5 Å². The van der Waals surface area contributed by atoms with E-state index in [0.717, 1.165) is 22.6 Å². The summed E-state index contributed by atoms with van der Waals surface area (Å²) in [6, 6.07) is 15.4. The summed E-state index contributed by atoms with van der Waals surface area (Å²) < 4.78 is 11.7. The summed E-state index contributed by atoms with van der Waals surface area (Å²) in [4.78, 5) is 26.2. The van der Waals surface area contributed by atoms with Gasteiger partial charge in [-0.15, -0.1) is 0 Å². The van der Waals surface area contributed by atoms with Crippen LogP contribution in [0.3, 0.4) is 0 Å². The maximum atomic E-state index is 13.1. The number of rotatable bonds is 7. The second-order valence-electron chi connectivity index (χ2n) is 9.30. The third kappa shape index (κ3) is 3.36. The minimum atomic E-state index is -0.235. The number of ether oxygens (including phenoxy) is 2. The van der Waals surface area contributed by atoms with Crippen molar-refractivity contribution in [2.75, 3.05) is 6.61 Å². The van der Waals surface area contributed by atoms with Crippen LogP contribution in [0, 0.1) is 35.5 Å². The average Bonchev–Trinajstić information content (AvgIpc) is 3.62. The molecule has 6 heteroatoms. The van der Waals surface area contributed by atoms with Gasteiger partial charge in [-0.25, -0.2) is 0 Å². The predicted octanol–water partition coefficient (Wildman–Crippen LogP) is 4.05. The number of benzene rings is 2. The molecule has 168 valence electrons. The molecule has 3 fully saturated rings. The maximum absolute atomic E-state index is 13.1. The Morgan fingerprint density at radius 3 is 2.30 bits per heavy atom. The van der Waals surface area contributed by atoms with E-state index in [4.69, 9.17) is 9.47 Å². The number of imide groups is 1. The SMILES string of the molecule is CCOc1cc(/C=N\N2C(=O)[C@@H]3[C@@H]4C=C[C@@H]([C@@H]5C[C@H]45)[C@@H]3C2=O)ccc1OCc1ccccc1. The molecular formula is C27H26N2O4. The van der Waals surface area contributed by atoms with Crippen LogP contribution in [0.25, 0.3) is 0 Å². The fourth-order valence-corrected chi connectivity index (χ4v) is 5.91. The Morgan fingerprint density at radius 2 is 1.64 bits per heavy atom. The first-order chi connectivity index (χ1) is 16.2. The Bertz CT molecular complexity index is 1120. The highest BCUT2D eigenvalue weighted by molar-refractivity contribution is 6.06. The lowest BCUT2D eigenvalue weighted by Gasteiger charge is -2.37. The van der Waals surface area contributed by atoms with Crippen LogP contribution in [-0.2, 0) is 16.2 Å². The van der Waals surface area contributed by atoms with Crippen molar-refractivity contribution in [3.8, 4) is 11.5 Å². The number of hydrogen-bond donors (Lipinski definition) is 0. The van der Waals surface area contributed by atoms with Crippen LogP contribution in [0.15, 0.2) is 65.8 Å². The lowest BCUT2D eigenvalue weighted by molar-refractivity contribution is -0.140. The van der Waals surface area contributed by atoms with Crippen LogP contribution < -0.4 is 9.47 Å². The molecule has 4 aliphatic carbocycles. The van der Waals surface area contributed by atoms with Gasteiger partial charge in [0.2, 0.25) is 0 Å². The van der Waals surface area contributed by atoms with Gasteiger partial charge in [-0.05, 0) is 66.3 Å². The lowest BCUT2D eigenvalue weighted by Crippen LogP contribution is -2.40. The Balaban J connectivity index is 1.19. The Morgan fingerprint density at radius 1 is 0.939 bits per heavy atom. The zero-order chi connectivity index (χ0) is 22.5. The first kappa shape index (κ1) is 20.2. The van der Waals surface area contributed by atoms with Gasteiger partial charge in [0, 0.05) is 0 Å². The predicted molar refractivity (Wildman–Crippen MR) is 123 cm³/mol. The summed E-state index contributed by atoms with van der Waals surface area (Å²) in [6.07, 6.45) is 7.05. The summed E-state index contributed by atoms with van der Waals surface area (Å²) in [5.41, 5.74) is 1.81. The molecule has 33 heavy (non-hydrogen) atoms. The zero-order valence-electron chi connectivity index (χ0n) is 18.5. The van der Waals surface area contributed by atoms with E-state index in [-0.39, 0.29) is 35.5 Å². The van der Waals surface area contributed by atoms with Crippen LogP contribution in [0.4, 0.5) is 0 Å². The van der Waals surface area contributed by atoms with Crippen molar-refractivity contribution in [1.29, 1.82) is 0 Å². The summed E-state index contributed by atoms with van der Waals surface area (Å²) in [6.45, 7) is 2.84. The van der Waals surface area contributed by atoms with Crippen molar-refractivity contribution >= 4 is 18.0 Å². The number of allylic oxidation sites excluding steroid dienone is 2. The maximum Gasteiger partial charge on any atom is 0.254 e. The summed E-state index contributed by atoms with van der Waals surface area (Å²) in [5, 5.41) is 5.43. The molecule has 2 aromatic rings. The van der Waals surface area contributed by atoms with Crippen molar-refractivity contribution in [2.45, 2.75) is 20.0 Å². The van der Waals surface area contributed by atoms with E-state index in [0.29, 0.717) is 36.5 Å². The highest BCUT2D eigenvalue weighted by atomic mass is 16.5. The summed E-state index contributed by atoms with van der Waals surface area (Å²) in [5.74, 6) is 2.03. The molecule has 7 rings (SSSR count). The van der Waals surface area contributed by atoms with Crippen molar-refractivity contribution in [3.63, 3.8) is 0 Å². The van der Waals surface area contributed by atoms with Gasteiger partial charge in [0.05, 0.1) is 24.7 Å². The molecule has 0 N–H and O–H groups in total. The molecule has 6 atom stereocenters. The van der Waals surface area contributed by atoms with Crippen LogP contribution in [0.2, 0.25) is 0 Å². The largest absolute Gasteiger partial charge is 0.490 e. The molecule has 1 heterocycles. The van der Waals surface area contributed by atoms with Gasteiger partial charge in [0.15, 0.2) is 11.5 Å². The number of nitrogens with zero attached hydrogens (tertiary/aromatic N) is 2. The molecule has 0 aromatic heterocycles. The van der Waals surface area contributed by atoms with Gasteiger partial charge in [0.1, 0.15) is 6.61 Å². The Labute approximate surface area is 192 Å². The van der Waals surface area contributed by atoms with Gasteiger partial charge >= 0.3 is 0 Å². The smallest absolute Gasteiger partial charge is 0.254 e. The van der Waals surface area contributed by atoms with Gasteiger partial charge in [-0.2, -0.15) is 10.1 Å². The lowest BCUT2D eigenvalue weighted by atomic mass is 9.63. The van der Waals surface area contributed by atoms with Crippen molar-refractivity contribution in [1.82, 2.24) is 5.01 Å². The highest BCUT2D eigenvalue weighted by Gasteiger charge is 2.67. The zero-order valence-corrected chi connectivity index (χ0v) is 18.5. The van der Waals surface area contributed by atoms with Crippen LogP contribution in [0.5, 0.6) is 11.5 Å². The number of carbonyl (C=O) groups excluding carboxylic acids is 2. The fraction of sp³-hybridized carbons (Fsp3) is 0.370. The van der Waals surface area contributed by atoms with Crippen LogP contribution >= 0.6 is 0 Å². The molecular weight excluding hydrogens is 416 g/mol. The minimum absolute atomic E-state index is 0.154. The molecule has 2 amide bonds. The molecule has 2 saturated carbocycles. The highest BCUT2D eigenvalue weighted by Crippen LogP contribution is 2.65. The van der Waals surface area contributed by atoms with E-state index in [9.17, 15) is 9.59 Å². The second kappa shape index (κ2) is 7.87. The average molecular weight is 443 g/mol. The molecule has 1 saturated heterocycles. The van der Waals surface area contributed by atoms with Gasteiger partial charge in [0.25, 0.3) is 11.8 Å². The molecule has 0 spiro atoms. The number of hydrogen-bond acceptors (Lipinski definition) is 5. The second-order valence-corrected chi connectivity index (χ2v) is 9.30. The molecule has 6 nitrogen and oxygen atoms in total. The third-order valence-electron chi connectivity index (χ3n) is 7.47. The van der Waals surface area contributed by atoms with Gasteiger partial charge in [-0.3, -0.25) is 9.59 Å². The molecule has 2 bridgehead atoms. The molecule has 2 aromatic carbocycles. The third-order valence-corrected chi connectivity index (χ3v) is 7.47. The fourth-order valence-electron chi connectivity index (χ4n) is 5.91. The molecule has 0 unspecified atom stereocenters. The molecule has 1 aliphatic heterocycles. The van der Waals surface area contributed by atoms with E-state index in [1.165, 1.54) is 0 Å². The first-order valence-corrected chi connectivity index (χ1v) is 11.7. The van der Waals surface area contributed by atoms with E-state index in [1.54, 1.807) is 6.21 Å². The van der Waals surface area contributed by atoms with Crippen LogP contribution in [-0.4, -0.2) is 29.6 Å². The summed E-state index contributed by atoms with van der Waals surface area (Å²) >= 11 is 0. The monoisotopic (exact) mass is 442 g/mol. The Hall–Kier alpha value is -3.41. The topological polar surface area (TPSA) is 68.2 Å². The van der Waals surface area contributed by atoms with Crippen molar-refractivity contribution in [3.05, 3.63) is 71.8 Å². The Kier molecular flexibility index (Phi) is 4.82. The number of amides is 2. The van der Waals surface area contributed by atoms with Crippen molar-refractivity contribution in [2.24, 2.45) is 40.6 Å². The number of hydrazone groups is 1. The normalized spacial score (nSPS) is 31.1. The molecule has 0 radical (unpaired) electrons. The van der Waals surface area contributed by atoms with Crippen LogP contribution in [0.1, 0.15) is 24.5 Å². The van der Waals surface area contributed by atoms with E-state index in [1.807, 2.05) is 55.5 Å².